The number of imide groups is 1. The van der Waals surface area contributed by atoms with E-state index in [1.165, 1.54) is 4.90 Å². The maximum Gasteiger partial charge on any atom is 0.321 e. The molecule has 9 nitrogen and oxygen atoms in total. The summed E-state index contributed by atoms with van der Waals surface area (Å²) in [7, 11) is -3.31. The van der Waals surface area contributed by atoms with Crippen LogP contribution in [-0.4, -0.2) is 61.5 Å². The zero-order valence-corrected chi connectivity index (χ0v) is 16.5. The van der Waals surface area contributed by atoms with Gasteiger partial charge in [0.1, 0.15) is 0 Å². The topological polar surface area (TPSA) is 116 Å². The van der Waals surface area contributed by atoms with E-state index >= 15 is 0 Å². The molecule has 2 heterocycles. The number of carbonyl (C=O) groups excluding carboxylic acids is 3. The van der Waals surface area contributed by atoms with E-state index in [9.17, 15) is 22.8 Å². The molecule has 2 N–H and O–H groups in total. The molecule has 0 aromatic heterocycles. The van der Waals surface area contributed by atoms with Gasteiger partial charge in [0, 0.05) is 37.7 Å². The average molecular weight is 408 g/mol. The SMILES string of the molecule is CS(=O)(=O)NC1CCCN(C(=O)Nc2ccc(CN3C(=O)CCC3=O)cc2)C1. The minimum Gasteiger partial charge on any atom is -0.323 e. The maximum atomic E-state index is 12.5. The van der Waals surface area contributed by atoms with E-state index in [4.69, 9.17) is 0 Å². The number of rotatable bonds is 5. The van der Waals surface area contributed by atoms with E-state index in [2.05, 4.69) is 10.0 Å². The molecular formula is C18H24N4O5S. The molecular weight excluding hydrogens is 384 g/mol. The Morgan fingerprint density at radius 3 is 2.39 bits per heavy atom. The molecule has 1 aromatic carbocycles. The lowest BCUT2D eigenvalue weighted by molar-refractivity contribution is -0.139. The molecule has 4 amide bonds. The summed E-state index contributed by atoms with van der Waals surface area (Å²) in [6, 6.07) is 6.38. The van der Waals surface area contributed by atoms with Crippen molar-refractivity contribution < 1.29 is 22.8 Å². The van der Waals surface area contributed by atoms with Crippen LogP contribution in [-0.2, 0) is 26.2 Å². The summed E-state index contributed by atoms with van der Waals surface area (Å²) in [6.45, 7) is 1.11. The predicted molar refractivity (Wildman–Crippen MR) is 103 cm³/mol. The van der Waals surface area contributed by atoms with Crippen molar-refractivity contribution in [1.82, 2.24) is 14.5 Å². The van der Waals surface area contributed by atoms with Crippen LogP contribution < -0.4 is 10.0 Å². The van der Waals surface area contributed by atoms with Crippen molar-refractivity contribution in [3.05, 3.63) is 29.8 Å². The van der Waals surface area contributed by atoms with Gasteiger partial charge in [0.2, 0.25) is 21.8 Å². The second kappa shape index (κ2) is 8.27. The molecule has 3 rings (SSSR count). The molecule has 152 valence electrons. The van der Waals surface area contributed by atoms with Gasteiger partial charge in [-0.25, -0.2) is 17.9 Å². The van der Waals surface area contributed by atoms with Crippen molar-refractivity contribution in [2.45, 2.75) is 38.3 Å². The Bertz CT molecular complexity index is 852. The normalized spacial score (nSPS) is 20.5. The summed E-state index contributed by atoms with van der Waals surface area (Å²) in [4.78, 5) is 38.7. The highest BCUT2D eigenvalue weighted by Crippen LogP contribution is 2.18. The number of nitrogens with one attached hydrogen (secondary N) is 2. The van der Waals surface area contributed by atoms with Crippen molar-refractivity contribution in [3.8, 4) is 0 Å². The fraction of sp³-hybridized carbons (Fsp3) is 0.500. The second-order valence-electron chi connectivity index (χ2n) is 7.18. The number of likely N-dealkylation sites (tertiary alicyclic amines) is 2. The van der Waals surface area contributed by atoms with Crippen molar-refractivity contribution in [2.75, 3.05) is 24.7 Å². The zero-order valence-electron chi connectivity index (χ0n) is 15.7. The van der Waals surface area contributed by atoms with E-state index in [1.807, 2.05) is 0 Å². The van der Waals surface area contributed by atoms with Gasteiger partial charge in [-0.15, -0.1) is 0 Å². The van der Waals surface area contributed by atoms with Crippen LogP contribution in [0.25, 0.3) is 0 Å². The summed E-state index contributed by atoms with van der Waals surface area (Å²) in [6.07, 6.45) is 3.05. The fourth-order valence-corrected chi connectivity index (χ4v) is 4.24. The number of hydrogen-bond donors (Lipinski definition) is 2. The van der Waals surface area contributed by atoms with Gasteiger partial charge in [0.25, 0.3) is 0 Å². The zero-order chi connectivity index (χ0) is 20.3. The number of sulfonamides is 1. The first-order chi connectivity index (χ1) is 13.2. The largest absolute Gasteiger partial charge is 0.323 e. The number of nitrogens with zero attached hydrogens (tertiary/aromatic N) is 2. The quantitative estimate of drug-likeness (QED) is 0.702. The van der Waals surface area contributed by atoms with E-state index in [0.717, 1.165) is 18.2 Å². The third-order valence-corrected chi connectivity index (χ3v) is 5.55. The molecule has 0 saturated carbocycles. The van der Waals surface area contributed by atoms with Crippen LogP contribution in [0.1, 0.15) is 31.2 Å². The first-order valence-electron chi connectivity index (χ1n) is 9.16. The van der Waals surface area contributed by atoms with Gasteiger partial charge in [-0.1, -0.05) is 12.1 Å². The summed E-state index contributed by atoms with van der Waals surface area (Å²) in [5.74, 6) is -0.325. The lowest BCUT2D eigenvalue weighted by atomic mass is 10.1. The Morgan fingerprint density at radius 2 is 1.79 bits per heavy atom. The van der Waals surface area contributed by atoms with Crippen LogP contribution in [0.2, 0.25) is 0 Å². The maximum absolute atomic E-state index is 12.5. The van der Waals surface area contributed by atoms with Crippen LogP contribution in [0.5, 0.6) is 0 Å². The molecule has 2 saturated heterocycles. The highest BCUT2D eigenvalue weighted by atomic mass is 32.2. The van der Waals surface area contributed by atoms with Crippen LogP contribution >= 0.6 is 0 Å². The molecule has 1 unspecified atom stereocenters. The van der Waals surface area contributed by atoms with Gasteiger partial charge in [-0.2, -0.15) is 0 Å². The van der Waals surface area contributed by atoms with Gasteiger partial charge < -0.3 is 10.2 Å². The fourth-order valence-electron chi connectivity index (χ4n) is 3.44. The monoisotopic (exact) mass is 408 g/mol. The van der Waals surface area contributed by atoms with Crippen LogP contribution in [0.15, 0.2) is 24.3 Å². The third kappa shape index (κ3) is 5.29. The van der Waals surface area contributed by atoms with Gasteiger partial charge in [-0.3, -0.25) is 14.5 Å². The summed E-state index contributed by atoms with van der Waals surface area (Å²) in [5.41, 5.74) is 1.39. The third-order valence-electron chi connectivity index (χ3n) is 4.79. The van der Waals surface area contributed by atoms with Gasteiger partial charge in [0.05, 0.1) is 12.8 Å². The number of piperidine rings is 1. The minimum absolute atomic E-state index is 0.162. The molecule has 2 aliphatic heterocycles. The second-order valence-corrected chi connectivity index (χ2v) is 8.96. The van der Waals surface area contributed by atoms with Crippen molar-refractivity contribution in [2.24, 2.45) is 0 Å². The van der Waals surface area contributed by atoms with Crippen LogP contribution in [0, 0.1) is 0 Å². The molecule has 1 aromatic rings. The first kappa shape index (κ1) is 20.3. The Kier molecular flexibility index (Phi) is 5.99. The van der Waals surface area contributed by atoms with Crippen LogP contribution in [0.4, 0.5) is 10.5 Å². The molecule has 0 spiro atoms. The highest BCUT2D eigenvalue weighted by molar-refractivity contribution is 7.88. The summed E-state index contributed by atoms with van der Waals surface area (Å²) in [5, 5.41) is 2.80. The number of anilines is 1. The first-order valence-corrected chi connectivity index (χ1v) is 11.1. The summed E-state index contributed by atoms with van der Waals surface area (Å²) < 4.78 is 25.3. The number of hydrogen-bond acceptors (Lipinski definition) is 5. The molecule has 10 heteroatoms. The molecule has 0 radical (unpaired) electrons. The Hall–Kier alpha value is -2.46. The molecule has 28 heavy (non-hydrogen) atoms. The van der Waals surface area contributed by atoms with Gasteiger partial charge in [0.15, 0.2) is 0 Å². The van der Waals surface area contributed by atoms with E-state index < -0.39 is 10.0 Å². The van der Waals surface area contributed by atoms with E-state index in [0.29, 0.717) is 25.2 Å². The van der Waals surface area contributed by atoms with E-state index in [-0.39, 0.29) is 43.3 Å². The van der Waals surface area contributed by atoms with Gasteiger partial charge in [-0.05, 0) is 30.5 Å². The standard InChI is InChI=1S/C18H24N4O5S/c1-28(26,27)20-15-3-2-10-21(12-15)18(25)19-14-6-4-13(5-7-14)11-22-16(23)8-9-17(22)24/h4-7,15,20H,2-3,8-12H2,1H3,(H,19,25). The molecule has 0 aliphatic carbocycles. The Morgan fingerprint density at radius 1 is 1.14 bits per heavy atom. The average Bonchev–Trinajstić information content (AvgIpc) is 2.94. The van der Waals surface area contributed by atoms with Crippen molar-refractivity contribution in [3.63, 3.8) is 0 Å². The number of urea groups is 1. The molecule has 1 atom stereocenters. The lowest BCUT2D eigenvalue weighted by Gasteiger charge is -2.32. The van der Waals surface area contributed by atoms with E-state index in [1.54, 1.807) is 29.2 Å². The molecule has 2 aliphatic rings. The number of carbonyl (C=O) groups is 3. The lowest BCUT2D eigenvalue weighted by Crippen LogP contribution is -2.50. The minimum atomic E-state index is -3.31. The Labute approximate surface area is 164 Å². The Balaban J connectivity index is 1.55. The molecule has 0 bridgehead atoms. The highest BCUT2D eigenvalue weighted by Gasteiger charge is 2.29. The van der Waals surface area contributed by atoms with Gasteiger partial charge >= 0.3 is 6.03 Å². The number of benzene rings is 1. The van der Waals surface area contributed by atoms with Crippen LogP contribution in [0.3, 0.4) is 0 Å². The molecule has 2 fully saturated rings. The predicted octanol–water partition coefficient (Wildman–Crippen LogP) is 0.881. The van der Waals surface area contributed by atoms with Crippen molar-refractivity contribution in [1.29, 1.82) is 0 Å². The smallest absolute Gasteiger partial charge is 0.321 e. The van der Waals surface area contributed by atoms with Crippen molar-refractivity contribution >= 4 is 33.6 Å². The number of amides is 4. The summed E-state index contributed by atoms with van der Waals surface area (Å²) >= 11 is 0.